The lowest BCUT2D eigenvalue weighted by Crippen LogP contribution is -2.18. The molecule has 3 aromatic carbocycles. The van der Waals surface area contributed by atoms with Crippen molar-refractivity contribution < 1.29 is 13.9 Å². The van der Waals surface area contributed by atoms with Gasteiger partial charge in [-0.3, -0.25) is 4.79 Å². The second kappa shape index (κ2) is 9.41. The van der Waals surface area contributed by atoms with Gasteiger partial charge in [-0.15, -0.1) is 0 Å². The molecule has 0 aliphatic heterocycles. The smallest absolute Gasteiger partial charge is 0.288 e. The van der Waals surface area contributed by atoms with E-state index in [0.717, 1.165) is 37.8 Å². The molecule has 34 heavy (non-hydrogen) atoms. The van der Waals surface area contributed by atoms with Crippen molar-refractivity contribution in [3.05, 3.63) is 101 Å². The molecule has 5 aromatic rings. The summed E-state index contributed by atoms with van der Waals surface area (Å²) in [5, 5.41) is 5.06. The molecule has 0 saturated carbocycles. The number of furan rings is 1. The van der Waals surface area contributed by atoms with Crippen molar-refractivity contribution in [3.63, 3.8) is 0 Å². The van der Waals surface area contributed by atoms with Crippen molar-refractivity contribution in [1.82, 2.24) is 10.4 Å². The zero-order chi connectivity index (χ0) is 23.5. The highest BCUT2D eigenvalue weighted by Crippen LogP contribution is 2.34. The molecular weight excluding hydrogens is 494 g/mol. The van der Waals surface area contributed by atoms with Gasteiger partial charge in [0.25, 0.3) is 5.91 Å². The summed E-state index contributed by atoms with van der Waals surface area (Å²) < 4.78 is 12.0. The number of hydrogen-bond acceptors (Lipinski definition) is 4. The first kappa shape index (κ1) is 21.7. The Morgan fingerprint density at radius 1 is 1.00 bits per heavy atom. The van der Waals surface area contributed by atoms with Gasteiger partial charge in [-0.2, -0.15) is 5.10 Å². The van der Waals surface area contributed by atoms with Gasteiger partial charge in [0.15, 0.2) is 0 Å². The quantitative estimate of drug-likeness (QED) is 0.197. The van der Waals surface area contributed by atoms with Gasteiger partial charge in [-0.05, 0) is 48.0 Å². The summed E-state index contributed by atoms with van der Waals surface area (Å²) in [6.45, 7) is 0. The van der Waals surface area contributed by atoms with E-state index in [1.165, 1.54) is 6.21 Å². The fourth-order valence-corrected chi connectivity index (χ4v) is 4.16. The predicted octanol–water partition coefficient (Wildman–Crippen LogP) is 6.63. The highest BCUT2D eigenvalue weighted by Gasteiger charge is 2.19. The molecule has 0 aliphatic rings. The lowest BCUT2D eigenvalue weighted by atomic mass is 10.0. The normalized spacial score (nSPS) is 11.2. The maximum atomic E-state index is 13.1. The largest absolute Gasteiger partial charge is 0.497 e. The molecule has 2 heterocycles. The predicted molar refractivity (Wildman–Crippen MR) is 137 cm³/mol. The van der Waals surface area contributed by atoms with Crippen LogP contribution in [0.5, 0.6) is 5.75 Å². The second-order valence-corrected chi connectivity index (χ2v) is 8.48. The van der Waals surface area contributed by atoms with Crippen molar-refractivity contribution in [2.24, 2.45) is 5.10 Å². The number of halogens is 1. The lowest BCUT2D eigenvalue weighted by molar-refractivity contribution is 0.0951. The molecule has 0 atom stereocenters. The molecule has 0 bridgehead atoms. The van der Waals surface area contributed by atoms with Crippen LogP contribution < -0.4 is 10.2 Å². The van der Waals surface area contributed by atoms with Crippen molar-refractivity contribution in [3.8, 4) is 28.2 Å². The Balaban J connectivity index is 1.39. The Labute approximate surface area is 204 Å². The van der Waals surface area contributed by atoms with Gasteiger partial charge in [0.05, 0.1) is 13.3 Å². The number of nitrogens with zero attached hydrogens (tertiary/aromatic N) is 1. The van der Waals surface area contributed by atoms with Crippen LogP contribution in [-0.4, -0.2) is 24.2 Å². The van der Waals surface area contributed by atoms with E-state index in [9.17, 15) is 4.79 Å². The average Bonchev–Trinajstić information content (AvgIpc) is 3.49. The van der Waals surface area contributed by atoms with Gasteiger partial charge in [0, 0.05) is 26.5 Å². The summed E-state index contributed by atoms with van der Waals surface area (Å²) in [4.78, 5) is 16.3. The minimum absolute atomic E-state index is 0.345. The molecule has 0 radical (unpaired) electrons. The zero-order valence-electron chi connectivity index (χ0n) is 18.2. The molecule has 0 unspecified atom stereocenters. The molecular formula is C27H20BrN3O3. The van der Waals surface area contributed by atoms with Gasteiger partial charge in [-0.25, -0.2) is 5.43 Å². The lowest BCUT2D eigenvalue weighted by Gasteiger charge is -2.04. The van der Waals surface area contributed by atoms with Crippen LogP contribution >= 0.6 is 15.9 Å². The Hall–Kier alpha value is -4.10. The molecule has 0 saturated heterocycles. The number of aromatic amines is 1. The number of hydrazone groups is 1. The van der Waals surface area contributed by atoms with Crippen LogP contribution in [0, 0.1) is 0 Å². The van der Waals surface area contributed by atoms with E-state index in [1.807, 2.05) is 78.9 Å². The molecule has 5 rings (SSSR count). The highest BCUT2D eigenvalue weighted by molar-refractivity contribution is 9.10. The minimum Gasteiger partial charge on any atom is -0.497 e. The number of ether oxygens (including phenoxy) is 1. The second-order valence-electron chi connectivity index (χ2n) is 7.56. The molecule has 2 aromatic heterocycles. The molecule has 0 aliphatic carbocycles. The van der Waals surface area contributed by atoms with Crippen LogP contribution in [0.3, 0.4) is 0 Å². The number of fused-ring (bicyclic) bond motifs is 1. The van der Waals surface area contributed by atoms with Crippen molar-refractivity contribution in [2.45, 2.75) is 0 Å². The number of nitrogens with one attached hydrogen (secondary N) is 2. The third kappa shape index (κ3) is 4.38. The molecule has 0 fully saturated rings. The molecule has 6 nitrogen and oxygen atoms in total. The van der Waals surface area contributed by atoms with Crippen LogP contribution in [0.2, 0.25) is 0 Å². The molecule has 0 spiro atoms. The van der Waals surface area contributed by atoms with Crippen LogP contribution in [0.4, 0.5) is 0 Å². The topological polar surface area (TPSA) is 79.6 Å². The van der Waals surface area contributed by atoms with Crippen LogP contribution in [0.25, 0.3) is 33.4 Å². The van der Waals surface area contributed by atoms with E-state index in [4.69, 9.17) is 9.15 Å². The number of amides is 1. The Kier molecular flexibility index (Phi) is 6.01. The minimum atomic E-state index is -0.345. The maximum absolute atomic E-state index is 13.1. The summed E-state index contributed by atoms with van der Waals surface area (Å²) in [5.41, 5.74) is 6.56. The van der Waals surface area contributed by atoms with Crippen LogP contribution in [0.1, 0.15) is 16.2 Å². The Morgan fingerprint density at radius 2 is 1.82 bits per heavy atom. The first-order chi connectivity index (χ1) is 16.6. The third-order valence-corrected chi connectivity index (χ3v) is 5.88. The third-order valence-electron chi connectivity index (χ3n) is 5.39. The number of carbonyl (C=O) groups excluding carboxylic acids is 1. The van der Waals surface area contributed by atoms with E-state index < -0.39 is 0 Å². The van der Waals surface area contributed by atoms with Crippen LogP contribution in [-0.2, 0) is 0 Å². The summed E-state index contributed by atoms with van der Waals surface area (Å²) in [6, 6.07) is 26.9. The van der Waals surface area contributed by atoms with Crippen LogP contribution in [0.15, 0.2) is 98.9 Å². The van der Waals surface area contributed by atoms with E-state index in [-0.39, 0.29) is 5.91 Å². The Morgan fingerprint density at radius 3 is 2.65 bits per heavy atom. The first-order valence-electron chi connectivity index (χ1n) is 10.6. The summed E-state index contributed by atoms with van der Waals surface area (Å²) in [6.07, 6.45) is 1.48. The van der Waals surface area contributed by atoms with E-state index in [1.54, 1.807) is 13.2 Å². The maximum Gasteiger partial charge on any atom is 0.288 e. The summed E-state index contributed by atoms with van der Waals surface area (Å²) in [5.74, 6) is 1.60. The number of rotatable bonds is 6. The fraction of sp³-hybridized carbons (Fsp3) is 0.0370. The van der Waals surface area contributed by atoms with Crippen molar-refractivity contribution >= 4 is 39.0 Å². The monoisotopic (exact) mass is 513 g/mol. The van der Waals surface area contributed by atoms with E-state index >= 15 is 0 Å². The summed E-state index contributed by atoms with van der Waals surface area (Å²) >= 11 is 3.52. The molecule has 2 N–H and O–H groups in total. The molecule has 1 amide bonds. The number of H-pyrrole nitrogens is 1. The van der Waals surface area contributed by atoms with Gasteiger partial charge in [-0.1, -0.05) is 58.4 Å². The van der Waals surface area contributed by atoms with Crippen molar-refractivity contribution in [2.75, 3.05) is 7.11 Å². The SMILES string of the molecule is COc1cccc(-c2ccc(/C=N/NC(=O)c3[nH]c4ccc(Br)cc4c3-c3ccccc3)o2)c1. The molecule has 7 heteroatoms. The highest BCUT2D eigenvalue weighted by atomic mass is 79.9. The van der Waals surface area contributed by atoms with Gasteiger partial charge < -0.3 is 14.1 Å². The standard InChI is InChI=1S/C27H20BrN3O3/c1-33-20-9-5-8-18(14-20)24-13-11-21(34-24)16-29-31-27(32)26-25(17-6-3-2-4-7-17)22-15-19(28)10-12-23(22)30-26/h2-16,30H,1H3,(H,31,32)/b29-16+. The number of aromatic nitrogens is 1. The number of benzene rings is 3. The number of methoxy groups -OCH3 is 1. The first-order valence-corrected chi connectivity index (χ1v) is 11.4. The Bertz CT molecular complexity index is 1500. The number of carbonyl (C=O) groups is 1. The van der Waals surface area contributed by atoms with E-state index in [2.05, 4.69) is 31.4 Å². The fourth-order valence-electron chi connectivity index (χ4n) is 3.80. The van der Waals surface area contributed by atoms with Crippen molar-refractivity contribution in [1.29, 1.82) is 0 Å². The zero-order valence-corrected chi connectivity index (χ0v) is 19.8. The molecule has 168 valence electrons. The summed E-state index contributed by atoms with van der Waals surface area (Å²) in [7, 11) is 1.62. The van der Waals surface area contributed by atoms with Gasteiger partial charge in [0.1, 0.15) is 23.0 Å². The average molecular weight is 514 g/mol. The van der Waals surface area contributed by atoms with Gasteiger partial charge in [0.2, 0.25) is 0 Å². The van der Waals surface area contributed by atoms with E-state index in [0.29, 0.717) is 17.2 Å². The van der Waals surface area contributed by atoms with Gasteiger partial charge >= 0.3 is 0 Å². The number of hydrogen-bond donors (Lipinski definition) is 2.